The minimum Gasteiger partial charge on any atom is -0.351 e. The van der Waals surface area contributed by atoms with Gasteiger partial charge in [-0.05, 0) is 54.9 Å². The first-order chi connectivity index (χ1) is 8.58. The Hall–Kier alpha value is -0.870. The summed E-state index contributed by atoms with van der Waals surface area (Å²) in [6, 6.07) is 6.55. The van der Waals surface area contributed by atoms with Crippen molar-refractivity contribution in [2.75, 3.05) is 20.1 Å². The van der Waals surface area contributed by atoms with Crippen LogP contribution in [-0.4, -0.2) is 37.0 Å². The maximum atomic E-state index is 12.0. The van der Waals surface area contributed by atoms with E-state index < -0.39 is 0 Å². The zero-order valence-corrected chi connectivity index (χ0v) is 12.5. The van der Waals surface area contributed by atoms with Gasteiger partial charge in [0.2, 0.25) is 0 Å². The van der Waals surface area contributed by atoms with Crippen LogP contribution in [0.1, 0.15) is 28.8 Å². The number of halogens is 1. The summed E-state index contributed by atoms with van der Waals surface area (Å²) < 4.78 is 0.848. The zero-order chi connectivity index (χ0) is 13.1. The lowest BCUT2D eigenvalue weighted by molar-refractivity contribution is 0.0948. The molecule has 98 valence electrons. The van der Waals surface area contributed by atoms with Crippen LogP contribution in [0.15, 0.2) is 22.7 Å². The number of nitrogens with one attached hydrogen (secondary N) is 1. The molecular weight excluding hydrogens is 292 g/mol. The second kappa shape index (κ2) is 5.85. The highest BCUT2D eigenvalue weighted by Crippen LogP contribution is 2.24. The summed E-state index contributed by atoms with van der Waals surface area (Å²) in [6.45, 7) is 3.61. The van der Waals surface area contributed by atoms with E-state index in [2.05, 4.69) is 33.2 Å². The molecule has 0 aromatic heterocycles. The van der Waals surface area contributed by atoms with Gasteiger partial charge in [-0.3, -0.25) is 4.79 Å². The topological polar surface area (TPSA) is 32.3 Å². The van der Waals surface area contributed by atoms with Crippen molar-refractivity contribution in [3.05, 3.63) is 33.8 Å². The smallest absolute Gasteiger partial charge is 0.252 e. The van der Waals surface area contributed by atoms with E-state index in [4.69, 9.17) is 0 Å². The van der Waals surface area contributed by atoms with Crippen LogP contribution >= 0.6 is 15.9 Å². The van der Waals surface area contributed by atoms with Gasteiger partial charge in [-0.25, -0.2) is 0 Å². The summed E-state index contributed by atoms with van der Waals surface area (Å²) >= 11 is 3.41. The predicted octanol–water partition coefficient (Wildman–Crippen LogP) is 2.58. The Morgan fingerprint density at radius 2 is 2.22 bits per heavy atom. The molecule has 1 saturated carbocycles. The molecule has 0 aliphatic heterocycles. The molecule has 1 amide bonds. The number of nitrogens with zero attached hydrogens (tertiary/aromatic N) is 1. The van der Waals surface area contributed by atoms with Crippen LogP contribution in [0.25, 0.3) is 0 Å². The maximum absolute atomic E-state index is 12.0. The third kappa shape index (κ3) is 3.56. The maximum Gasteiger partial charge on any atom is 0.252 e. The average molecular weight is 311 g/mol. The Kier molecular flexibility index (Phi) is 4.40. The lowest BCUT2D eigenvalue weighted by Gasteiger charge is -2.16. The van der Waals surface area contributed by atoms with Crippen LogP contribution in [-0.2, 0) is 0 Å². The summed E-state index contributed by atoms with van der Waals surface area (Å²) in [6.07, 6.45) is 2.60. The van der Waals surface area contributed by atoms with E-state index in [1.807, 2.05) is 25.1 Å². The quantitative estimate of drug-likeness (QED) is 0.906. The molecule has 18 heavy (non-hydrogen) atoms. The molecular formula is C14H19BrN2O. The second-order valence-electron chi connectivity index (χ2n) is 4.95. The highest BCUT2D eigenvalue weighted by molar-refractivity contribution is 9.10. The number of hydrogen-bond acceptors (Lipinski definition) is 2. The third-order valence-electron chi connectivity index (χ3n) is 3.29. The molecule has 1 N–H and O–H groups in total. The van der Waals surface area contributed by atoms with E-state index in [0.29, 0.717) is 12.1 Å². The van der Waals surface area contributed by atoms with Gasteiger partial charge in [0.15, 0.2) is 0 Å². The molecule has 1 fully saturated rings. The molecule has 2 rings (SSSR count). The minimum atomic E-state index is -0.00484. The molecule has 1 aromatic carbocycles. The van der Waals surface area contributed by atoms with E-state index in [9.17, 15) is 4.79 Å². The monoisotopic (exact) mass is 310 g/mol. The molecule has 0 atom stereocenters. The van der Waals surface area contributed by atoms with E-state index >= 15 is 0 Å². The Labute approximate surface area is 117 Å². The van der Waals surface area contributed by atoms with Crippen LogP contribution in [0.4, 0.5) is 0 Å². The number of amides is 1. The molecule has 4 heteroatoms. The van der Waals surface area contributed by atoms with Gasteiger partial charge in [-0.15, -0.1) is 0 Å². The first-order valence-corrected chi connectivity index (χ1v) is 7.12. The molecule has 1 aromatic rings. The molecule has 1 aliphatic rings. The number of carbonyl (C=O) groups excluding carboxylic acids is 1. The summed E-state index contributed by atoms with van der Waals surface area (Å²) in [7, 11) is 2.12. The van der Waals surface area contributed by atoms with Gasteiger partial charge in [0.05, 0.1) is 5.56 Å². The van der Waals surface area contributed by atoms with Gasteiger partial charge < -0.3 is 10.2 Å². The average Bonchev–Trinajstić information content (AvgIpc) is 3.16. The number of aryl methyl sites for hydroxylation is 1. The van der Waals surface area contributed by atoms with Gasteiger partial charge in [0.25, 0.3) is 5.91 Å². The molecule has 0 unspecified atom stereocenters. The fourth-order valence-corrected chi connectivity index (χ4v) is 2.38. The number of carbonyl (C=O) groups is 1. The third-order valence-corrected chi connectivity index (χ3v) is 3.98. The van der Waals surface area contributed by atoms with Crippen molar-refractivity contribution < 1.29 is 4.79 Å². The van der Waals surface area contributed by atoms with Crippen molar-refractivity contribution in [2.24, 2.45) is 0 Å². The number of rotatable bonds is 5. The Balaban J connectivity index is 1.85. The van der Waals surface area contributed by atoms with Gasteiger partial charge in [0.1, 0.15) is 0 Å². The number of benzene rings is 1. The van der Waals surface area contributed by atoms with E-state index in [1.165, 1.54) is 12.8 Å². The van der Waals surface area contributed by atoms with Gasteiger partial charge in [0, 0.05) is 23.6 Å². The highest BCUT2D eigenvalue weighted by Gasteiger charge is 2.25. The summed E-state index contributed by atoms with van der Waals surface area (Å²) in [5, 5.41) is 2.97. The zero-order valence-electron chi connectivity index (χ0n) is 10.9. The van der Waals surface area contributed by atoms with E-state index in [1.54, 1.807) is 0 Å². The van der Waals surface area contributed by atoms with Gasteiger partial charge in [-0.2, -0.15) is 0 Å². The standard InChI is InChI=1S/C14H19BrN2O/c1-10-3-6-13(15)12(9-10)14(18)16-7-8-17(2)11-4-5-11/h3,6,9,11H,4-5,7-8H2,1-2H3,(H,16,18). The van der Waals surface area contributed by atoms with Crippen molar-refractivity contribution in [2.45, 2.75) is 25.8 Å². The van der Waals surface area contributed by atoms with Crippen molar-refractivity contribution >= 4 is 21.8 Å². The minimum absolute atomic E-state index is 0.00484. The first-order valence-electron chi connectivity index (χ1n) is 6.32. The van der Waals surface area contributed by atoms with Crippen LogP contribution in [0, 0.1) is 6.92 Å². The lowest BCUT2D eigenvalue weighted by Crippen LogP contribution is -2.34. The first kappa shape index (κ1) is 13.6. The predicted molar refractivity (Wildman–Crippen MR) is 76.9 cm³/mol. The molecule has 0 saturated heterocycles. The van der Waals surface area contributed by atoms with E-state index in [-0.39, 0.29) is 5.91 Å². The van der Waals surface area contributed by atoms with E-state index in [0.717, 1.165) is 22.6 Å². The van der Waals surface area contributed by atoms with Crippen molar-refractivity contribution in [1.29, 1.82) is 0 Å². The Morgan fingerprint density at radius 3 is 2.89 bits per heavy atom. The van der Waals surface area contributed by atoms with Crippen LogP contribution in [0.2, 0.25) is 0 Å². The van der Waals surface area contributed by atoms with Crippen molar-refractivity contribution in [1.82, 2.24) is 10.2 Å². The fraction of sp³-hybridized carbons (Fsp3) is 0.500. The largest absolute Gasteiger partial charge is 0.351 e. The second-order valence-corrected chi connectivity index (χ2v) is 5.81. The summed E-state index contributed by atoms with van der Waals surface area (Å²) in [4.78, 5) is 14.3. The lowest BCUT2D eigenvalue weighted by atomic mass is 10.1. The Morgan fingerprint density at radius 1 is 1.50 bits per heavy atom. The molecule has 0 radical (unpaired) electrons. The summed E-state index contributed by atoms with van der Waals surface area (Å²) in [5.41, 5.74) is 1.81. The van der Waals surface area contributed by atoms with Crippen LogP contribution in [0.5, 0.6) is 0 Å². The molecule has 0 heterocycles. The fourth-order valence-electron chi connectivity index (χ4n) is 1.95. The summed E-state index contributed by atoms with van der Waals surface area (Å²) in [5.74, 6) is -0.00484. The SMILES string of the molecule is Cc1ccc(Br)c(C(=O)NCCN(C)C2CC2)c1. The van der Waals surface area contributed by atoms with Crippen LogP contribution in [0.3, 0.4) is 0 Å². The van der Waals surface area contributed by atoms with Gasteiger partial charge in [-0.1, -0.05) is 11.6 Å². The molecule has 0 spiro atoms. The number of hydrogen-bond donors (Lipinski definition) is 1. The van der Waals surface area contributed by atoms with Crippen molar-refractivity contribution in [3.63, 3.8) is 0 Å². The van der Waals surface area contributed by atoms with Crippen molar-refractivity contribution in [3.8, 4) is 0 Å². The van der Waals surface area contributed by atoms with Crippen LogP contribution < -0.4 is 5.32 Å². The number of likely N-dealkylation sites (N-methyl/N-ethyl adjacent to an activating group) is 1. The Bertz CT molecular complexity index is 443. The normalized spacial score (nSPS) is 14.9. The molecule has 3 nitrogen and oxygen atoms in total. The van der Waals surface area contributed by atoms with Gasteiger partial charge >= 0.3 is 0 Å². The molecule has 0 bridgehead atoms. The highest BCUT2D eigenvalue weighted by atomic mass is 79.9. The molecule has 1 aliphatic carbocycles.